The minimum Gasteiger partial charge on any atom is -0.491 e. The van der Waals surface area contributed by atoms with Gasteiger partial charge >= 0.3 is 0 Å². The van der Waals surface area contributed by atoms with Crippen LogP contribution in [0.3, 0.4) is 0 Å². The normalized spacial score (nSPS) is 20.7. The lowest BCUT2D eigenvalue weighted by Gasteiger charge is -2.38. The summed E-state index contributed by atoms with van der Waals surface area (Å²) in [5.41, 5.74) is 0.00000158. The Labute approximate surface area is 223 Å². The molecular weight excluding hydrogens is 532 g/mol. The van der Waals surface area contributed by atoms with Crippen molar-refractivity contribution in [1.29, 1.82) is 5.26 Å². The third kappa shape index (κ3) is 6.52. The van der Waals surface area contributed by atoms with Crippen molar-refractivity contribution >= 4 is 20.0 Å². The van der Waals surface area contributed by atoms with Crippen molar-refractivity contribution in [2.45, 2.75) is 46.8 Å². The number of nitrogens with zero attached hydrogens (tertiary/aromatic N) is 2. The molecule has 206 valence electrons. The van der Waals surface area contributed by atoms with Crippen molar-refractivity contribution in [3.63, 3.8) is 0 Å². The van der Waals surface area contributed by atoms with E-state index in [0.717, 1.165) is 0 Å². The molecular formula is C25H32N4O7S2. The van der Waals surface area contributed by atoms with Crippen LogP contribution in [-0.4, -0.2) is 83.9 Å². The molecule has 2 heterocycles. The fraction of sp³-hybridized carbons (Fsp3) is 0.480. The molecule has 0 radical (unpaired) electrons. The van der Waals surface area contributed by atoms with E-state index in [1.54, 1.807) is 12.1 Å². The van der Waals surface area contributed by atoms with Crippen LogP contribution in [0.2, 0.25) is 0 Å². The van der Waals surface area contributed by atoms with E-state index >= 15 is 0 Å². The molecule has 0 saturated carbocycles. The zero-order chi connectivity index (χ0) is 27.4. The predicted molar refractivity (Wildman–Crippen MR) is 138 cm³/mol. The lowest BCUT2D eigenvalue weighted by molar-refractivity contribution is -0.0312. The Hall–Kier alpha value is -2.57. The Morgan fingerprint density at radius 1 is 1.16 bits per heavy atom. The van der Waals surface area contributed by atoms with Gasteiger partial charge < -0.3 is 19.9 Å². The smallest absolute Gasteiger partial charge is 0.243 e. The molecule has 1 spiro atoms. The van der Waals surface area contributed by atoms with E-state index in [1.165, 1.54) is 47.8 Å². The molecule has 2 atom stereocenters. The summed E-state index contributed by atoms with van der Waals surface area (Å²) in [6.07, 6.45) is 1.02. The molecule has 0 aromatic heterocycles. The Balaban J connectivity index is 1.23. The van der Waals surface area contributed by atoms with Crippen molar-refractivity contribution in [3.8, 4) is 11.8 Å². The highest BCUT2D eigenvalue weighted by molar-refractivity contribution is 7.89. The van der Waals surface area contributed by atoms with Crippen LogP contribution in [0.5, 0.6) is 5.75 Å². The average molecular weight is 565 g/mol. The SMILES string of the molecule is CNS(=O)(=O)c1cccc(OC[C@@H](O)CNC2COC3(CCN(S(=O)(=O)c4ccc(C#N)cc4)CC3)C2)c1. The van der Waals surface area contributed by atoms with Gasteiger partial charge in [0.15, 0.2) is 0 Å². The molecule has 2 aliphatic heterocycles. The topological polar surface area (TPSA) is 158 Å². The van der Waals surface area contributed by atoms with E-state index in [2.05, 4.69) is 10.0 Å². The molecule has 0 amide bonds. The quantitative estimate of drug-likeness (QED) is 0.380. The highest BCUT2D eigenvalue weighted by Crippen LogP contribution is 2.37. The Kier molecular flexibility index (Phi) is 8.73. The summed E-state index contributed by atoms with van der Waals surface area (Å²) in [5.74, 6) is 0.339. The van der Waals surface area contributed by atoms with Crippen LogP contribution in [0.25, 0.3) is 0 Å². The molecule has 2 fully saturated rings. The fourth-order valence-electron chi connectivity index (χ4n) is 4.71. The number of piperidine rings is 1. The van der Waals surface area contributed by atoms with Gasteiger partial charge in [0.1, 0.15) is 18.5 Å². The molecule has 2 aromatic rings. The summed E-state index contributed by atoms with van der Waals surface area (Å²) in [4.78, 5) is 0.250. The Bertz CT molecular complexity index is 1370. The number of aliphatic hydroxyl groups is 1. The second kappa shape index (κ2) is 11.7. The van der Waals surface area contributed by atoms with Crippen LogP contribution in [0.4, 0.5) is 0 Å². The summed E-state index contributed by atoms with van der Waals surface area (Å²) in [5, 5.41) is 22.6. The number of hydrogen-bond donors (Lipinski definition) is 3. The number of aliphatic hydroxyl groups excluding tert-OH is 1. The number of sulfonamides is 2. The molecule has 2 aliphatic rings. The first-order chi connectivity index (χ1) is 18.1. The molecule has 0 aliphatic carbocycles. The van der Waals surface area contributed by atoms with Crippen molar-refractivity contribution in [2.24, 2.45) is 0 Å². The molecule has 2 aromatic carbocycles. The van der Waals surface area contributed by atoms with Gasteiger partial charge in [0, 0.05) is 31.7 Å². The van der Waals surface area contributed by atoms with Gasteiger partial charge in [0.25, 0.3) is 0 Å². The van der Waals surface area contributed by atoms with Crippen molar-refractivity contribution in [3.05, 3.63) is 54.1 Å². The Morgan fingerprint density at radius 3 is 2.53 bits per heavy atom. The predicted octanol–water partition coefficient (Wildman–Crippen LogP) is 0.808. The highest BCUT2D eigenvalue weighted by atomic mass is 32.2. The Morgan fingerprint density at radius 2 is 1.87 bits per heavy atom. The van der Waals surface area contributed by atoms with Crippen molar-refractivity contribution in [2.75, 3.05) is 39.9 Å². The van der Waals surface area contributed by atoms with Crippen LogP contribution >= 0.6 is 0 Å². The minimum atomic E-state index is -3.64. The van der Waals surface area contributed by atoms with Crippen molar-refractivity contribution in [1.82, 2.24) is 14.3 Å². The van der Waals surface area contributed by atoms with Crippen molar-refractivity contribution < 1.29 is 31.4 Å². The summed E-state index contributed by atoms with van der Waals surface area (Å²) in [6.45, 7) is 1.39. The van der Waals surface area contributed by atoms with Gasteiger partial charge in [-0.25, -0.2) is 21.6 Å². The maximum Gasteiger partial charge on any atom is 0.243 e. The lowest BCUT2D eigenvalue weighted by atomic mass is 9.88. The number of nitrogens with one attached hydrogen (secondary N) is 2. The standard InChI is InChI=1S/C25H32N4O7S2/c1-27-37(31,32)24-4-2-3-22(13-24)35-18-21(30)16-28-20-14-25(36-17-20)9-11-29(12-10-25)38(33,34)23-7-5-19(15-26)6-8-23/h2-8,13,20-21,27-28,30H,9-12,14,16-18H2,1H3/t20?,21-/m0/s1. The third-order valence-electron chi connectivity index (χ3n) is 6.93. The highest BCUT2D eigenvalue weighted by Gasteiger charge is 2.44. The van der Waals surface area contributed by atoms with Crippen LogP contribution < -0.4 is 14.8 Å². The fourth-order valence-corrected chi connectivity index (χ4v) is 6.92. The van der Waals surface area contributed by atoms with Gasteiger partial charge in [-0.3, -0.25) is 0 Å². The van der Waals surface area contributed by atoms with Gasteiger partial charge in [-0.2, -0.15) is 9.57 Å². The van der Waals surface area contributed by atoms with Crippen LogP contribution in [0.1, 0.15) is 24.8 Å². The van der Waals surface area contributed by atoms with Gasteiger partial charge in [-0.1, -0.05) is 6.07 Å². The maximum atomic E-state index is 13.0. The largest absolute Gasteiger partial charge is 0.491 e. The summed E-state index contributed by atoms with van der Waals surface area (Å²) in [7, 11) is -5.90. The summed E-state index contributed by atoms with van der Waals surface area (Å²) >= 11 is 0. The molecule has 4 rings (SSSR count). The molecule has 3 N–H and O–H groups in total. The van der Waals surface area contributed by atoms with Gasteiger partial charge in [0.2, 0.25) is 20.0 Å². The average Bonchev–Trinajstić information content (AvgIpc) is 3.33. The molecule has 38 heavy (non-hydrogen) atoms. The van der Waals surface area contributed by atoms with E-state index in [1.807, 2.05) is 6.07 Å². The first-order valence-electron chi connectivity index (χ1n) is 12.3. The molecule has 0 bridgehead atoms. The van der Waals surface area contributed by atoms with E-state index in [9.17, 15) is 21.9 Å². The maximum absolute atomic E-state index is 13.0. The van der Waals surface area contributed by atoms with Crippen LogP contribution in [-0.2, 0) is 24.8 Å². The van der Waals surface area contributed by atoms with E-state index in [0.29, 0.717) is 50.3 Å². The van der Waals surface area contributed by atoms with Gasteiger partial charge in [-0.05, 0) is 62.7 Å². The number of rotatable bonds is 10. The monoisotopic (exact) mass is 564 g/mol. The van der Waals surface area contributed by atoms with Gasteiger partial charge in [-0.15, -0.1) is 0 Å². The first-order valence-corrected chi connectivity index (χ1v) is 15.2. The molecule has 2 saturated heterocycles. The van der Waals surface area contributed by atoms with E-state index in [-0.39, 0.29) is 29.0 Å². The number of ether oxygens (including phenoxy) is 2. The zero-order valence-corrected chi connectivity index (χ0v) is 22.7. The summed E-state index contributed by atoms with van der Waals surface area (Å²) in [6, 6.07) is 14.0. The number of hydrogen-bond acceptors (Lipinski definition) is 9. The molecule has 1 unspecified atom stereocenters. The van der Waals surface area contributed by atoms with Crippen LogP contribution in [0.15, 0.2) is 58.3 Å². The van der Waals surface area contributed by atoms with Crippen LogP contribution in [0, 0.1) is 11.3 Å². The van der Waals surface area contributed by atoms with E-state index < -0.39 is 31.8 Å². The first kappa shape index (κ1) is 28.4. The molecule has 11 nitrogen and oxygen atoms in total. The van der Waals surface area contributed by atoms with E-state index in [4.69, 9.17) is 14.7 Å². The number of benzene rings is 2. The third-order valence-corrected chi connectivity index (χ3v) is 10.3. The molecule has 13 heteroatoms. The second-order valence-corrected chi connectivity index (χ2v) is 13.3. The van der Waals surface area contributed by atoms with Gasteiger partial charge in [0.05, 0.1) is 33.6 Å². The summed E-state index contributed by atoms with van der Waals surface area (Å²) < 4.78 is 65.3. The zero-order valence-electron chi connectivity index (χ0n) is 21.0. The number of nitriles is 1. The minimum absolute atomic E-state index is 0.00966. The second-order valence-electron chi connectivity index (χ2n) is 9.49. The lowest BCUT2D eigenvalue weighted by Crippen LogP contribution is -2.47.